The van der Waals surface area contributed by atoms with E-state index in [9.17, 15) is 12.8 Å². The fraction of sp³-hybridized carbons (Fsp3) is 0.455. The summed E-state index contributed by atoms with van der Waals surface area (Å²) in [5.41, 5.74) is 5.61. The Morgan fingerprint density at radius 1 is 1.47 bits per heavy atom. The van der Waals surface area contributed by atoms with E-state index in [0.717, 1.165) is 6.07 Å². The van der Waals surface area contributed by atoms with Gasteiger partial charge in [0.15, 0.2) is 9.84 Å². The number of hydrogen-bond acceptors (Lipinski definition) is 3. The fourth-order valence-electron chi connectivity index (χ4n) is 1.43. The molecule has 1 rings (SSSR count). The topological polar surface area (TPSA) is 60.2 Å². The summed E-state index contributed by atoms with van der Waals surface area (Å²) in [5.74, 6) is -0.754. The molecule has 0 bridgehead atoms. The van der Waals surface area contributed by atoms with Gasteiger partial charge in [-0.2, -0.15) is 0 Å². The van der Waals surface area contributed by atoms with Crippen molar-refractivity contribution in [3.8, 4) is 0 Å². The Balaban J connectivity index is 2.94. The van der Waals surface area contributed by atoms with Crippen LogP contribution in [0.4, 0.5) is 4.39 Å². The molecule has 0 amide bonds. The zero-order chi connectivity index (χ0) is 13.1. The minimum absolute atomic E-state index is 0.259. The quantitative estimate of drug-likeness (QED) is 0.898. The fourth-order valence-corrected chi connectivity index (χ4v) is 3.14. The third-order valence-electron chi connectivity index (χ3n) is 2.55. The monoisotopic (exact) mass is 279 g/mol. The molecule has 96 valence electrons. The number of benzene rings is 1. The van der Waals surface area contributed by atoms with Crippen LogP contribution in [0.5, 0.6) is 0 Å². The number of rotatable bonds is 5. The molecule has 0 spiro atoms. The van der Waals surface area contributed by atoms with E-state index in [1.807, 2.05) is 0 Å². The molecule has 2 N–H and O–H groups in total. The SMILES string of the molecule is CC(CCN)S(=O)(=O)Cc1cc(F)ccc1Cl. The third-order valence-corrected chi connectivity index (χ3v) is 5.09. The zero-order valence-electron chi connectivity index (χ0n) is 9.49. The van der Waals surface area contributed by atoms with E-state index in [1.165, 1.54) is 12.1 Å². The van der Waals surface area contributed by atoms with E-state index >= 15 is 0 Å². The number of hydrogen-bond donors (Lipinski definition) is 1. The van der Waals surface area contributed by atoms with Gasteiger partial charge in [-0.25, -0.2) is 12.8 Å². The maximum absolute atomic E-state index is 13.0. The summed E-state index contributed by atoms with van der Waals surface area (Å²) in [6.07, 6.45) is 0.384. The maximum Gasteiger partial charge on any atom is 0.157 e. The van der Waals surface area contributed by atoms with Gasteiger partial charge in [0, 0.05) is 5.02 Å². The average Bonchev–Trinajstić information content (AvgIpc) is 2.23. The van der Waals surface area contributed by atoms with Crippen molar-refractivity contribution in [3.63, 3.8) is 0 Å². The molecule has 6 heteroatoms. The molecule has 3 nitrogen and oxygen atoms in total. The van der Waals surface area contributed by atoms with Crippen molar-refractivity contribution < 1.29 is 12.8 Å². The van der Waals surface area contributed by atoms with Crippen molar-refractivity contribution in [2.45, 2.75) is 24.3 Å². The highest BCUT2D eigenvalue weighted by atomic mass is 35.5. The van der Waals surface area contributed by atoms with Gasteiger partial charge in [0.1, 0.15) is 5.82 Å². The van der Waals surface area contributed by atoms with Crippen molar-refractivity contribution >= 4 is 21.4 Å². The average molecular weight is 280 g/mol. The van der Waals surface area contributed by atoms with Crippen LogP contribution in [0.3, 0.4) is 0 Å². The van der Waals surface area contributed by atoms with E-state index < -0.39 is 20.9 Å². The molecule has 0 radical (unpaired) electrons. The Hall–Kier alpha value is -0.650. The molecule has 1 aromatic rings. The Bertz CT molecular complexity index is 490. The first-order valence-corrected chi connectivity index (χ1v) is 7.31. The first-order chi connectivity index (χ1) is 7.86. The predicted octanol–water partition coefficient (Wildman–Crippen LogP) is 2.13. The smallest absolute Gasteiger partial charge is 0.157 e. The van der Waals surface area contributed by atoms with Crippen LogP contribution in [0, 0.1) is 5.82 Å². The van der Waals surface area contributed by atoms with E-state index in [1.54, 1.807) is 6.92 Å². The Labute approximate surface area is 106 Å². The van der Waals surface area contributed by atoms with Crippen molar-refractivity contribution in [1.82, 2.24) is 0 Å². The number of sulfone groups is 1. The molecule has 0 saturated carbocycles. The van der Waals surface area contributed by atoms with E-state index in [2.05, 4.69) is 0 Å². The number of halogens is 2. The molecule has 1 aromatic carbocycles. The van der Waals surface area contributed by atoms with Crippen LogP contribution in [0.15, 0.2) is 18.2 Å². The lowest BCUT2D eigenvalue weighted by atomic mass is 10.2. The summed E-state index contributed by atoms with van der Waals surface area (Å²) in [7, 11) is -3.35. The molecule has 0 fully saturated rings. The predicted molar refractivity (Wildman–Crippen MR) is 67.2 cm³/mol. The molecular weight excluding hydrogens is 265 g/mol. The standard InChI is InChI=1S/C11H15ClFNO2S/c1-8(4-5-14)17(15,16)7-9-6-10(13)2-3-11(9)12/h2-3,6,8H,4-5,7,14H2,1H3. The zero-order valence-corrected chi connectivity index (χ0v) is 11.1. The lowest BCUT2D eigenvalue weighted by Crippen LogP contribution is -2.23. The van der Waals surface area contributed by atoms with Gasteiger partial charge in [0.2, 0.25) is 0 Å². The highest BCUT2D eigenvalue weighted by Gasteiger charge is 2.21. The molecule has 0 aliphatic carbocycles. The lowest BCUT2D eigenvalue weighted by Gasteiger charge is -2.12. The highest BCUT2D eigenvalue weighted by molar-refractivity contribution is 7.91. The van der Waals surface area contributed by atoms with E-state index in [0.29, 0.717) is 13.0 Å². The minimum Gasteiger partial charge on any atom is -0.330 e. The summed E-state index contributed by atoms with van der Waals surface area (Å²) in [4.78, 5) is 0. The molecule has 0 saturated heterocycles. The van der Waals surface area contributed by atoms with Crippen LogP contribution in [-0.2, 0) is 15.6 Å². The van der Waals surface area contributed by atoms with Gasteiger partial charge in [0.05, 0.1) is 11.0 Å². The van der Waals surface area contributed by atoms with E-state index in [4.69, 9.17) is 17.3 Å². The Morgan fingerprint density at radius 3 is 2.71 bits per heavy atom. The molecule has 0 aliphatic rings. The van der Waals surface area contributed by atoms with Crippen LogP contribution in [-0.4, -0.2) is 20.2 Å². The maximum atomic E-state index is 13.0. The Kier molecular flexibility index (Phi) is 4.91. The highest BCUT2D eigenvalue weighted by Crippen LogP contribution is 2.21. The molecular formula is C11H15ClFNO2S. The summed E-state index contributed by atoms with van der Waals surface area (Å²) in [6.45, 7) is 1.90. The summed E-state index contributed by atoms with van der Waals surface area (Å²) in [5, 5.41) is -0.290. The van der Waals surface area contributed by atoms with Gasteiger partial charge < -0.3 is 5.73 Å². The normalized spacial score (nSPS) is 13.6. The second-order valence-corrected chi connectivity index (χ2v) is 6.76. The first-order valence-electron chi connectivity index (χ1n) is 5.22. The molecule has 0 aliphatic heterocycles. The second kappa shape index (κ2) is 5.80. The van der Waals surface area contributed by atoms with Crippen molar-refractivity contribution in [2.75, 3.05) is 6.54 Å². The molecule has 1 atom stereocenters. The van der Waals surface area contributed by atoms with Gasteiger partial charge in [-0.1, -0.05) is 11.6 Å². The lowest BCUT2D eigenvalue weighted by molar-refractivity contribution is 0.577. The molecule has 17 heavy (non-hydrogen) atoms. The summed E-state index contributed by atoms with van der Waals surface area (Å²) < 4.78 is 36.8. The van der Waals surface area contributed by atoms with Crippen molar-refractivity contribution in [3.05, 3.63) is 34.6 Å². The van der Waals surface area contributed by atoms with E-state index in [-0.39, 0.29) is 16.3 Å². The van der Waals surface area contributed by atoms with Gasteiger partial charge in [-0.15, -0.1) is 0 Å². The summed E-state index contributed by atoms with van der Waals surface area (Å²) in [6, 6.07) is 3.70. The molecule has 1 unspecified atom stereocenters. The van der Waals surface area contributed by atoms with Crippen LogP contribution in [0.1, 0.15) is 18.9 Å². The van der Waals surface area contributed by atoms with Gasteiger partial charge >= 0.3 is 0 Å². The molecule has 0 heterocycles. The largest absolute Gasteiger partial charge is 0.330 e. The van der Waals surface area contributed by atoms with Crippen LogP contribution in [0.2, 0.25) is 5.02 Å². The van der Waals surface area contributed by atoms with Gasteiger partial charge in [-0.3, -0.25) is 0 Å². The van der Waals surface area contributed by atoms with Crippen molar-refractivity contribution in [2.24, 2.45) is 5.73 Å². The van der Waals surface area contributed by atoms with Gasteiger partial charge in [-0.05, 0) is 43.7 Å². The first kappa shape index (κ1) is 14.4. The van der Waals surface area contributed by atoms with Crippen LogP contribution >= 0.6 is 11.6 Å². The van der Waals surface area contributed by atoms with Crippen LogP contribution in [0.25, 0.3) is 0 Å². The van der Waals surface area contributed by atoms with Crippen LogP contribution < -0.4 is 5.73 Å². The second-order valence-electron chi connectivity index (χ2n) is 3.93. The van der Waals surface area contributed by atoms with Crippen molar-refractivity contribution in [1.29, 1.82) is 0 Å². The minimum atomic E-state index is -3.35. The number of nitrogens with two attached hydrogens (primary N) is 1. The Morgan fingerprint density at radius 2 is 2.12 bits per heavy atom. The van der Waals surface area contributed by atoms with Gasteiger partial charge in [0.25, 0.3) is 0 Å². The third kappa shape index (κ3) is 3.94. The summed E-state index contributed by atoms with van der Waals surface area (Å²) >= 11 is 5.83. The molecule has 0 aromatic heterocycles.